The van der Waals surface area contributed by atoms with Crippen molar-refractivity contribution < 1.29 is 17.9 Å². The Morgan fingerprint density at radius 1 is 1.30 bits per heavy atom. The molecule has 112 valence electrons. The Bertz CT molecular complexity index is 554. The fourth-order valence-corrected chi connectivity index (χ4v) is 3.00. The van der Waals surface area contributed by atoms with Crippen molar-refractivity contribution in [1.82, 2.24) is 4.72 Å². The zero-order valence-electron chi connectivity index (χ0n) is 11.6. The van der Waals surface area contributed by atoms with Gasteiger partial charge in [0.2, 0.25) is 10.0 Å². The molecule has 0 spiro atoms. The van der Waals surface area contributed by atoms with Crippen LogP contribution in [0.5, 0.6) is 0 Å². The third-order valence-electron chi connectivity index (χ3n) is 2.61. The first-order chi connectivity index (χ1) is 9.26. The normalized spacial score (nSPS) is 13.2. The van der Waals surface area contributed by atoms with Gasteiger partial charge in [-0.3, -0.25) is 4.79 Å². The minimum atomic E-state index is -3.79. The van der Waals surface area contributed by atoms with E-state index < -0.39 is 22.0 Å². The van der Waals surface area contributed by atoms with Crippen molar-refractivity contribution in [3.05, 3.63) is 29.3 Å². The summed E-state index contributed by atoms with van der Waals surface area (Å²) in [6.07, 6.45) is 0.361. The molecule has 0 aliphatic heterocycles. The average molecular weight is 320 g/mol. The molecule has 0 saturated carbocycles. The van der Waals surface area contributed by atoms with E-state index in [0.29, 0.717) is 11.4 Å². The predicted octanol–water partition coefficient (Wildman–Crippen LogP) is 2.21. The summed E-state index contributed by atoms with van der Waals surface area (Å²) in [6.45, 7) is 3.79. The third kappa shape index (κ3) is 4.77. The summed E-state index contributed by atoms with van der Waals surface area (Å²) in [4.78, 5) is 11.7. The minimum Gasteiger partial charge on any atom is -0.468 e. The van der Waals surface area contributed by atoms with Crippen LogP contribution in [0, 0.1) is 5.92 Å². The zero-order chi connectivity index (χ0) is 15.3. The topological polar surface area (TPSA) is 72.5 Å². The van der Waals surface area contributed by atoms with Gasteiger partial charge < -0.3 is 4.74 Å². The molecule has 1 N–H and O–H groups in total. The number of nitrogens with one attached hydrogen (secondary N) is 1. The molecule has 0 aromatic heterocycles. The second-order valence-electron chi connectivity index (χ2n) is 4.78. The number of carbonyl (C=O) groups is 1. The Balaban J connectivity index is 2.96. The van der Waals surface area contributed by atoms with Crippen LogP contribution in [0.4, 0.5) is 0 Å². The van der Waals surface area contributed by atoms with E-state index in [1.807, 2.05) is 13.8 Å². The Morgan fingerprint density at radius 3 is 2.30 bits per heavy atom. The zero-order valence-corrected chi connectivity index (χ0v) is 13.2. The number of hydrogen-bond donors (Lipinski definition) is 1. The molecule has 20 heavy (non-hydrogen) atoms. The molecule has 7 heteroatoms. The molecule has 1 rings (SSSR count). The quantitative estimate of drug-likeness (QED) is 0.816. The number of methoxy groups -OCH3 is 1. The summed E-state index contributed by atoms with van der Waals surface area (Å²) in [7, 11) is -2.56. The van der Waals surface area contributed by atoms with Crippen LogP contribution in [0.15, 0.2) is 29.2 Å². The third-order valence-corrected chi connectivity index (χ3v) is 4.35. The number of esters is 1. The smallest absolute Gasteiger partial charge is 0.323 e. The Kier molecular flexibility index (Phi) is 5.98. The molecule has 0 amide bonds. The predicted molar refractivity (Wildman–Crippen MR) is 77.0 cm³/mol. The van der Waals surface area contributed by atoms with Gasteiger partial charge in [0.25, 0.3) is 0 Å². The lowest BCUT2D eigenvalue weighted by Gasteiger charge is -2.18. The van der Waals surface area contributed by atoms with E-state index in [2.05, 4.69) is 9.46 Å². The fourth-order valence-electron chi connectivity index (χ4n) is 1.68. The number of ether oxygens (including phenoxy) is 1. The van der Waals surface area contributed by atoms with Crippen molar-refractivity contribution >= 4 is 27.6 Å². The SMILES string of the molecule is COC(=O)[C@@H](CC(C)C)NS(=O)(=O)c1ccc(Cl)cc1. The summed E-state index contributed by atoms with van der Waals surface area (Å²) in [5.74, 6) is -0.455. The van der Waals surface area contributed by atoms with Crippen molar-refractivity contribution in [2.45, 2.75) is 31.2 Å². The van der Waals surface area contributed by atoms with Gasteiger partial charge in [0.15, 0.2) is 0 Å². The first-order valence-electron chi connectivity index (χ1n) is 6.12. The highest BCUT2D eigenvalue weighted by atomic mass is 35.5. The van der Waals surface area contributed by atoms with Crippen molar-refractivity contribution in [3.8, 4) is 0 Å². The van der Waals surface area contributed by atoms with Gasteiger partial charge in [-0.05, 0) is 36.6 Å². The first kappa shape index (κ1) is 16.9. The van der Waals surface area contributed by atoms with Crippen LogP contribution in [-0.4, -0.2) is 27.5 Å². The van der Waals surface area contributed by atoms with Gasteiger partial charge in [0, 0.05) is 5.02 Å². The highest BCUT2D eigenvalue weighted by Gasteiger charge is 2.27. The maximum absolute atomic E-state index is 12.2. The van der Waals surface area contributed by atoms with Gasteiger partial charge in [0.05, 0.1) is 12.0 Å². The number of hydrogen-bond acceptors (Lipinski definition) is 4. The number of benzene rings is 1. The monoisotopic (exact) mass is 319 g/mol. The maximum Gasteiger partial charge on any atom is 0.323 e. The summed E-state index contributed by atoms with van der Waals surface area (Å²) < 4.78 is 31.4. The highest BCUT2D eigenvalue weighted by molar-refractivity contribution is 7.89. The second-order valence-corrected chi connectivity index (χ2v) is 6.93. The van der Waals surface area contributed by atoms with Gasteiger partial charge in [-0.15, -0.1) is 0 Å². The van der Waals surface area contributed by atoms with Gasteiger partial charge >= 0.3 is 5.97 Å². The molecule has 1 atom stereocenters. The Labute approximate surface area is 124 Å². The highest BCUT2D eigenvalue weighted by Crippen LogP contribution is 2.16. The van der Waals surface area contributed by atoms with E-state index in [0.717, 1.165) is 0 Å². The number of rotatable bonds is 6. The second kappa shape index (κ2) is 7.06. The number of sulfonamides is 1. The van der Waals surface area contributed by atoms with Crippen molar-refractivity contribution in [2.24, 2.45) is 5.92 Å². The minimum absolute atomic E-state index is 0.0551. The molecular weight excluding hydrogens is 302 g/mol. The molecule has 0 aliphatic carbocycles. The van der Waals surface area contributed by atoms with Crippen LogP contribution in [-0.2, 0) is 19.6 Å². The Morgan fingerprint density at radius 2 is 1.85 bits per heavy atom. The lowest BCUT2D eigenvalue weighted by atomic mass is 10.1. The van der Waals surface area contributed by atoms with Crippen molar-refractivity contribution in [1.29, 1.82) is 0 Å². The van der Waals surface area contributed by atoms with E-state index in [4.69, 9.17) is 11.6 Å². The molecule has 0 radical (unpaired) electrons. The maximum atomic E-state index is 12.2. The van der Waals surface area contributed by atoms with Crippen LogP contribution in [0.25, 0.3) is 0 Å². The molecule has 1 aromatic rings. The van der Waals surface area contributed by atoms with Gasteiger partial charge in [-0.25, -0.2) is 8.42 Å². The summed E-state index contributed by atoms with van der Waals surface area (Å²) in [5.41, 5.74) is 0. The standard InChI is InChI=1S/C13H18ClNO4S/c1-9(2)8-12(13(16)19-3)15-20(17,18)11-6-4-10(14)5-7-11/h4-7,9,12,15H,8H2,1-3H3/t12-/m1/s1. The molecule has 0 bridgehead atoms. The molecule has 0 fully saturated rings. The largest absolute Gasteiger partial charge is 0.468 e. The molecule has 0 aliphatic rings. The van der Waals surface area contributed by atoms with E-state index in [9.17, 15) is 13.2 Å². The van der Waals surface area contributed by atoms with E-state index in [-0.39, 0.29) is 10.8 Å². The van der Waals surface area contributed by atoms with Crippen LogP contribution in [0.2, 0.25) is 5.02 Å². The summed E-state index contributed by atoms with van der Waals surface area (Å²) >= 11 is 5.72. The lowest BCUT2D eigenvalue weighted by Crippen LogP contribution is -2.42. The van der Waals surface area contributed by atoms with Crippen molar-refractivity contribution in [3.63, 3.8) is 0 Å². The molecule has 0 heterocycles. The van der Waals surface area contributed by atoms with E-state index in [1.54, 1.807) is 0 Å². The molecule has 0 unspecified atom stereocenters. The van der Waals surface area contributed by atoms with Crippen LogP contribution < -0.4 is 4.72 Å². The lowest BCUT2D eigenvalue weighted by molar-refractivity contribution is -0.143. The van der Waals surface area contributed by atoms with Crippen molar-refractivity contribution in [2.75, 3.05) is 7.11 Å². The van der Waals surface area contributed by atoms with Crippen LogP contribution >= 0.6 is 11.6 Å². The Hall–Kier alpha value is -1.11. The van der Waals surface area contributed by atoms with Gasteiger partial charge in [-0.1, -0.05) is 25.4 Å². The molecular formula is C13H18ClNO4S. The van der Waals surface area contributed by atoms with Gasteiger partial charge in [0.1, 0.15) is 6.04 Å². The average Bonchev–Trinajstić information content (AvgIpc) is 2.36. The van der Waals surface area contributed by atoms with Gasteiger partial charge in [-0.2, -0.15) is 4.72 Å². The molecule has 5 nitrogen and oxygen atoms in total. The summed E-state index contributed by atoms with van der Waals surface area (Å²) in [5, 5.41) is 0.440. The van der Waals surface area contributed by atoms with Crippen LogP contribution in [0.3, 0.4) is 0 Å². The number of carbonyl (C=O) groups excluding carboxylic acids is 1. The van der Waals surface area contributed by atoms with Crippen LogP contribution in [0.1, 0.15) is 20.3 Å². The first-order valence-corrected chi connectivity index (χ1v) is 7.98. The summed E-state index contributed by atoms with van der Waals surface area (Å²) in [6, 6.07) is 4.82. The fraction of sp³-hybridized carbons (Fsp3) is 0.462. The molecule has 0 saturated heterocycles. The number of halogens is 1. The molecule has 1 aromatic carbocycles. The van der Waals surface area contributed by atoms with E-state index in [1.165, 1.54) is 31.4 Å². The van der Waals surface area contributed by atoms with E-state index >= 15 is 0 Å².